The Morgan fingerprint density at radius 1 is 1.06 bits per heavy atom. The molecule has 1 aromatic carbocycles. The van der Waals surface area contributed by atoms with Gasteiger partial charge in [0.05, 0.1) is 11.3 Å². The third-order valence-electron chi connectivity index (χ3n) is 6.99. The van der Waals surface area contributed by atoms with Crippen molar-refractivity contribution in [2.24, 2.45) is 0 Å². The summed E-state index contributed by atoms with van der Waals surface area (Å²) in [6.07, 6.45) is 0.764. The van der Waals surface area contributed by atoms with Crippen LogP contribution in [0.2, 0.25) is 0 Å². The van der Waals surface area contributed by atoms with E-state index in [1.807, 2.05) is 6.92 Å². The van der Waals surface area contributed by atoms with Gasteiger partial charge in [0.15, 0.2) is 0 Å². The van der Waals surface area contributed by atoms with E-state index in [1.54, 1.807) is 47.9 Å². The lowest BCUT2D eigenvalue weighted by Gasteiger charge is -2.49. The molecule has 0 aliphatic carbocycles. The number of anilines is 1. The molecular weight excluding hydrogens is 446 g/mol. The Kier molecular flexibility index (Phi) is 6.23. The van der Waals surface area contributed by atoms with Gasteiger partial charge < -0.3 is 9.80 Å². The minimum Gasteiger partial charge on any atom is -0.339 e. The molecule has 3 aliphatic heterocycles. The molecule has 3 aliphatic rings. The molecule has 4 rings (SSSR count). The molecular formula is C22H31N5O5S. The average molecular weight is 478 g/mol. The summed E-state index contributed by atoms with van der Waals surface area (Å²) >= 11 is 0. The molecule has 0 bridgehead atoms. The molecule has 1 atom stereocenters. The van der Waals surface area contributed by atoms with Crippen LogP contribution in [0.1, 0.15) is 44.0 Å². The minimum atomic E-state index is -3.55. The van der Waals surface area contributed by atoms with E-state index in [1.165, 1.54) is 13.5 Å². The van der Waals surface area contributed by atoms with Crippen LogP contribution in [0.3, 0.4) is 0 Å². The van der Waals surface area contributed by atoms with Gasteiger partial charge in [0.25, 0.3) is 16.1 Å². The maximum Gasteiger partial charge on any atom is 0.282 e. The molecule has 2 fully saturated rings. The van der Waals surface area contributed by atoms with Crippen LogP contribution in [0.5, 0.6) is 0 Å². The maximum atomic E-state index is 13.3. The number of rotatable bonds is 6. The zero-order valence-electron chi connectivity index (χ0n) is 19.4. The van der Waals surface area contributed by atoms with Crippen molar-refractivity contribution in [2.45, 2.75) is 39.3 Å². The number of hydrogen-bond acceptors (Lipinski definition) is 5. The number of piperazine rings is 1. The summed E-state index contributed by atoms with van der Waals surface area (Å²) in [6.45, 7) is 7.00. The van der Waals surface area contributed by atoms with Gasteiger partial charge in [0.2, 0.25) is 11.8 Å². The van der Waals surface area contributed by atoms with Gasteiger partial charge in [-0.15, -0.1) is 0 Å². The van der Waals surface area contributed by atoms with Crippen molar-refractivity contribution in [3.63, 3.8) is 0 Å². The van der Waals surface area contributed by atoms with Gasteiger partial charge in [-0.2, -0.15) is 17.0 Å². The van der Waals surface area contributed by atoms with Crippen LogP contribution in [-0.4, -0.2) is 96.0 Å². The second-order valence-electron chi connectivity index (χ2n) is 8.73. The Morgan fingerprint density at radius 3 is 2.33 bits per heavy atom. The highest BCUT2D eigenvalue weighted by Gasteiger charge is 2.53. The lowest BCUT2D eigenvalue weighted by Crippen LogP contribution is -2.64. The van der Waals surface area contributed by atoms with Gasteiger partial charge in [-0.25, -0.2) is 0 Å². The molecule has 10 nitrogen and oxygen atoms in total. The quantitative estimate of drug-likeness (QED) is 0.601. The van der Waals surface area contributed by atoms with Gasteiger partial charge in [0, 0.05) is 45.7 Å². The smallest absolute Gasteiger partial charge is 0.282 e. The van der Waals surface area contributed by atoms with E-state index in [2.05, 4.69) is 0 Å². The Hall–Kier alpha value is -2.50. The predicted molar refractivity (Wildman–Crippen MR) is 123 cm³/mol. The van der Waals surface area contributed by atoms with Crippen molar-refractivity contribution in [1.82, 2.24) is 18.4 Å². The lowest BCUT2D eigenvalue weighted by molar-refractivity contribution is -0.134. The van der Waals surface area contributed by atoms with Crippen LogP contribution in [0, 0.1) is 0 Å². The number of carbonyl (C=O) groups is 3. The highest BCUT2D eigenvalue weighted by Crippen LogP contribution is 2.43. The molecule has 0 aromatic heterocycles. The van der Waals surface area contributed by atoms with Crippen LogP contribution < -0.4 is 4.90 Å². The molecule has 0 saturated carbocycles. The van der Waals surface area contributed by atoms with E-state index in [9.17, 15) is 22.8 Å². The van der Waals surface area contributed by atoms with Gasteiger partial charge in [-0.1, -0.05) is 26.0 Å². The summed E-state index contributed by atoms with van der Waals surface area (Å²) in [5, 5.41) is 0. The number of benzene rings is 1. The molecule has 1 unspecified atom stereocenters. The highest BCUT2D eigenvalue weighted by molar-refractivity contribution is 7.86. The van der Waals surface area contributed by atoms with Gasteiger partial charge in [0.1, 0.15) is 12.2 Å². The number of amides is 3. The van der Waals surface area contributed by atoms with Crippen LogP contribution >= 0.6 is 0 Å². The maximum absolute atomic E-state index is 13.3. The largest absolute Gasteiger partial charge is 0.339 e. The zero-order chi connectivity index (χ0) is 24.0. The van der Waals surface area contributed by atoms with E-state index in [4.69, 9.17) is 0 Å². The summed E-state index contributed by atoms with van der Waals surface area (Å²) in [6, 6.07) is 6.99. The molecule has 3 heterocycles. The van der Waals surface area contributed by atoms with Crippen LogP contribution in [0.25, 0.3) is 0 Å². The molecule has 0 N–H and O–H groups in total. The number of carbonyl (C=O) groups excluding carboxylic acids is 3. The average Bonchev–Trinajstić information content (AvgIpc) is 3.12. The first-order chi connectivity index (χ1) is 15.6. The fourth-order valence-corrected chi connectivity index (χ4v) is 6.66. The van der Waals surface area contributed by atoms with E-state index in [0.29, 0.717) is 37.2 Å². The van der Waals surface area contributed by atoms with Crippen molar-refractivity contribution < 1.29 is 22.8 Å². The Balaban J connectivity index is 1.49. The molecule has 0 radical (unpaired) electrons. The molecule has 180 valence electrons. The summed E-state index contributed by atoms with van der Waals surface area (Å²) in [5.41, 5.74) is 0.103. The summed E-state index contributed by atoms with van der Waals surface area (Å²) in [5.74, 6) is -0.580. The summed E-state index contributed by atoms with van der Waals surface area (Å²) < 4.78 is 28.3. The van der Waals surface area contributed by atoms with E-state index in [0.717, 1.165) is 0 Å². The second-order valence-corrected chi connectivity index (χ2v) is 10.7. The van der Waals surface area contributed by atoms with Crippen molar-refractivity contribution in [3.05, 3.63) is 29.8 Å². The molecule has 1 aromatic rings. The number of nitrogens with zero attached hydrogens (tertiary/aromatic N) is 5. The molecule has 0 spiro atoms. The van der Waals surface area contributed by atoms with Crippen LogP contribution in [-0.2, 0) is 19.8 Å². The lowest BCUT2D eigenvalue weighted by atomic mass is 9.98. The van der Waals surface area contributed by atoms with Gasteiger partial charge >= 0.3 is 0 Å². The van der Waals surface area contributed by atoms with Gasteiger partial charge in [-0.3, -0.25) is 19.3 Å². The standard InChI is InChI=1S/C22H31N5O5S/c1-4-24(5-2)33(31,32)25-14-12-23(13-15-25)20(29)16-26-21(30)17-8-6-7-9-18(17)27-19(28)10-11-22(26,27)3/h6-9H,4-5,10-16H2,1-3H3. The first-order valence-corrected chi connectivity index (χ1v) is 12.8. The fraction of sp³-hybridized carbons (Fsp3) is 0.591. The van der Waals surface area contributed by atoms with E-state index >= 15 is 0 Å². The van der Waals surface area contributed by atoms with Crippen LogP contribution in [0.4, 0.5) is 5.69 Å². The van der Waals surface area contributed by atoms with Crippen molar-refractivity contribution >= 4 is 33.6 Å². The van der Waals surface area contributed by atoms with Gasteiger partial charge in [-0.05, 0) is 25.5 Å². The van der Waals surface area contributed by atoms with Crippen LogP contribution in [0.15, 0.2) is 24.3 Å². The molecule has 2 saturated heterocycles. The minimum absolute atomic E-state index is 0.0647. The van der Waals surface area contributed by atoms with Crippen molar-refractivity contribution in [2.75, 3.05) is 50.7 Å². The third-order valence-corrected chi connectivity index (χ3v) is 9.18. The third kappa shape index (κ3) is 3.81. The molecule has 33 heavy (non-hydrogen) atoms. The fourth-order valence-electron chi connectivity index (χ4n) is 5.06. The predicted octanol–water partition coefficient (Wildman–Crippen LogP) is 0.716. The Morgan fingerprint density at radius 2 is 1.70 bits per heavy atom. The van der Waals surface area contributed by atoms with Crippen molar-refractivity contribution in [3.8, 4) is 0 Å². The SMILES string of the molecule is CCN(CC)S(=O)(=O)N1CCN(C(=O)CN2C(=O)c3ccccc3N3C(=O)CCC23C)CC1. The van der Waals surface area contributed by atoms with E-state index < -0.39 is 15.9 Å². The highest BCUT2D eigenvalue weighted by atomic mass is 32.2. The summed E-state index contributed by atoms with van der Waals surface area (Å²) in [7, 11) is -3.55. The second kappa shape index (κ2) is 8.69. The number of fused-ring (bicyclic) bond motifs is 3. The molecule has 3 amide bonds. The van der Waals surface area contributed by atoms with E-state index in [-0.39, 0.29) is 50.4 Å². The zero-order valence-corrected chi connectivity index (χ0v) is 20.2. The summed E-state index contributed by atoms with van der Waals surface area (Å²) in [4.78, 5) is 44.0. The molecule has 11 heteroatoms. The number of hydrogen-bond donors (Lipinski definition) is 0. The Labute approximate surface area is 194 Å². The first-order valence-electron chi connectivity index (χ1n) is 11.4. The monoisotopic (exact) mass is 477 g/mol. The number of para-hydroxylation sites is 1. The normalized spacial score (nSPS) is 23.8. The first kappa shape index (κ1) is 23.7. The Bertz CT molecular complexity index is 1060. The topological polar surface area (TPSA) is 102 Å². The van der Waals surface area contributed by atoms with Crippen molar-refractivity contribution in [1.29, 1.82) is 0 Å².